The number of ether oxygens (including phenoxy) is 1. The van der Waals surface area contributed by atoms with Gasteiger partial charge in [0.1, 0.15) is 18.9 Å². The van der Waals surface area contributed by atoms with Crippen LogP contribution in [0, 0.1) is 22.0 Å². The van der Waals surface area contributed by atoms with E-state index in [-0.39, 0.29) is 5.69 Å². The van der Waals surface area contributed by atoms with Crippen LogP contribution < -0.4 is 9.64 Å². The summed E-state index contributed by atoms with van der Waals surface area (Å²) in [7, 11) is 0. The average Bonchev–Trinajstić information content (AvgIpc) is 2.38. The number of benzene rings is 1. The Labute approximate surface area is 119 Å². The molecule has 0 saturated carbocycles. The number of likely N-dealkylation sites (tertiary alicyclic amines) is 1. The zero-order valence-electron chi connectivity index (χ0n) is 12.2. The normalized spacial score (nSPS) is 26.2. The molecule has 0 spiro atoms. The van der Waals surface area contributed by atoms with Gasteiger partial charge in [-0.3, -0.25) is 10.1 Å². The fraction of sp³-hybridized carbons (Fsp3) is 0.600. The summed E-state index contributed by atoms with van der Waals surface area (Å²) in [5.41, 5.74) is 0.0988. The molecule has 0 aromatic heterocycles. The molecule has 0 amide bonds. The minimum atomic E-state index is -0.398. The summed E-state index contributed by atoms with van der Waals surface area (Å²) in [5, 5.41) is 10.6. The minimum absolute atomic E-state index is 0.0988. The molecule has 1 aliphatic heterocycles. The van der Waals surface area contributed by atoms with Crippen LogP contribution in [0.4, 0.5) is 5.69 Å². The molecule has 2 atom stereocenters. The second-order valence-electron chi connectivity index (χ2n) is 5.95. The number of hydrogen-bond donors (Lipinski definition) is 1. The van der Waals surface area contributed by atoms with E-state index < -0.39 is 4.92 Å². The highest BCUT2D eigenvalue weighted by molar-refractivity contribution is 5.35. The first kappa shape index (κ1) is 14.8. The highest BCUT2D eigenvalue weighted by Gasteiger charge is 2.24. The quantitative estimate of drug-likeness (QED) is 0.657. The molecule has 1 heterocycles. The van der Waals surface area contributed by atoms with Gasteiger partial charge < -0.3 is 9.64 Å². The van der Waals surface area contributed by atoms with Crippen LogP contribution in [0.15, 0.2) is 24.3 Å². The predicted molar refractivity (Wildman–Crippen MR) is 77.1 cm³/mol. The van der Waals surface area contributed by atoms with Crippen molar-refractivity contribution in [1.29, 1.82) is 0 Å². The molecule has 5 heteroatoms. The maximum atomic E-state index is 10.6. The van der Waals surface area contributed by atoms with Crippen molar-refractivity contribution in [3.8, 4) is 5.75 Å². The Kier molecular flexibility index (Phi) is 4.95. The first-order valence-corrected chi connectivity index (χ1v) is 7.25. The van der Waals surface area contributed by atoms with Crippen LogP contribution in [-0.4, -0.2) is 31.2 Å². The lowest BCUT2D eigenvalue weighted by molar-refractivity contribution is -0.912. The fourth-order valence-electron chi connectivity index (χ4n) is 3.10. The van der Waals surface area contributed by atoms with Crippen LogP contribution in [-0.2, 0) is 0 Å². The van der Waals surface area contributed by atoms with Crippen molar-refractivity contribution >= 4 is 5.69 Å². The Morgan fingerprint density at radius 2 is 1.85 bits per heavy atom. The van der Waals surface area contributed by atoms with Crippen molar-refractivity contribution in [2.24, 2.45) is 11.8 Å². The number of quaternary nitrogens is 1. The summed E-state index contributed by atoms with van der Waals surface area (Å²) in [6.07, 6.45) is 1.33. The van der Waals surface area contributed by atoms with Crippen LogP contribution in [0.2, 0.25) is 0 Å². The van der Waals surface area contributed by atoms with Gasteiger partial charge in [-0.1, -0.05) is 13.8 Å². The zero-order chi connectivity index (χ0) is 14.5. The van der Waals surface area contributed by atoms with E-state index >= 15 is 0 Å². The van der Waals surface area contributed by atoms with Crippen molar-refractivity contribution in [2.75, 3.05) is 26.2 Å². The van der Waals surface area contributed by atoms with Crippen LogP contribution in [0.1, 0.15) is 20.3 Å². The summed E-state index contributed by atoms with van der Waals surface area (Å²) in [4.78, 5) is 11.8. The molecule has 0 aliphatic carbocycles. The highest BCUT2D eigenvalue weighted by Crippen LogP contribution is 2.17. The monoisotopic (exact) mass is 279 g/mol. The van der Waals surface area contributed by atoms with E-state index in [0.29, 0.717) is 12.4 Å². The van der Waals surface area contributed by atoms with E-state index in [1.165, 1.54) is 31.6 Å². The van der Waals surface area contributed by atoms with Crippen LogP contribution in [0.5, 0.6) is 5.75 Å². The van der Waals surface area contributed by atoms with Gasteiger partial charge >= 0.3 is 0 Å². The van der Waals surface area contributed by atoms with Crippen LogP contribution in [0.3, 0.4) is 0 Å². The first-order chi connectivity index (χ1) is 9.54. The number of nitro groups is 1. The Balaban J connectivity index is 1.76. The standard InChI is InChI=1S/C15H22N2O3/c1-12-9-13(2)11-16(10-12)7-8-20-15-5-3-14(4-6-15)17(18)19/h3-6,12-13H,7-11H2,1-2H3/p+1/t12-,13-/m1/s1. The number of nitrogens with zero attached hydrogens (tertiary/aromatic N) is 1. The third-order valence-corrected chi connectivity index (χ3v) is 3.85. The molecule has 1 fully saturated rings. The first-order valence-electron chi connectivity index (χ1n) is 7.25. The summed E-state index contributed by atoms with van der Waals surface area (Å²) >= 11 is 0. The number of rotatable bonds is 5. The lowest BCUT2D eigenvalue weighted by Crippen LogP contribution is -3.14. The summed E-state index contributed by atoms with van der Waals surface area (Å²) in [6, 6.07) is 6.28. The van der Waals surface area contributed by atoms with Gasteiger partial charge in [0.25, 0.3) is 5.69 Å². The Morgan fingerprint density at radius 1 is 1.25 bits per heavy atom. The number of nitrogens with one attached hydrogen (secondary N) is 1. The third kappa shape index (κ3) is 4.20. The second-order valence-corrected chi connectivity index (χ2v) is 5.95. The molecule has 2 rings (SSSR count). The van der Waals surface area contributed by atoms with Gasteiger partial charge in [-0.2, -0.15) is 0 Å². The van der Waals surface area contributed by atoms with Gasteiger partial charge in [0.15, 0.2) is 0 Å². The van der Waals surface area contributed by atoms with Crippen LogP contribution in [0.25, 0.3) is 0 Å². The number of nitro benzene ring substituents is 1. The largest absolute Gasteiger partial charge is 0.488 e. The molecule has 1 aliphatic rings. The molecular weight excluding hydrogens is 256 g/mol. The smallest absolute Gasteiger partial charge is 0.269 e. The van der Waals surface area contributed by atoms with Gasteiger partial charge in [-0.05, 0) is 18.6 Å². The van der Waals surface area contributed by atoms with Gasteiger partial charge in [0.2, 0.25) is 0 Å². The SMILES string of the molecule is C[C@@H]1C[C@@H](C)C[NH+](CCOc2ccc([N+](=O)[O-])cc2)C1. The Bertz CT molecular complexity index is 437. The number of hydrogen-bond acceptors (Lipinski definition) is 3. The maximum absolute atomic E-state index is 10.6. The average molecular weight is 279 g/mol. The van der Waals surface area contributed by atoms with E-state index in [2.05, 4.69) is 13.8 Å². The molecule has 1 saturated heterocycles. The maximum Gasteiger partial charge on any atom is 0.269 e. The summed E-state index contributed by atoms with van der Waals surface area (Å²) < 4.78 is 5.67. The van der Waals surface area contributed by atoms with Crippen molar-refractivity contribution < 1.29 is 14.6 Å². The molecule has 0 bridgehead atoms. The van der Waals surface area contributed by atoms with Gasteiger partial charge in [-0.15, -0.1) is 0 Å². The van der Waals surface area contributed by atoms with E-state index in [9.17, 15) is 10.1 Å². The molecule has 110 valence electrons. The van der Waals surface area contributed by atoms with E-state index in [1.807, 2.05) is 0 Å². The highest BCUT2D eigenvalue weighted by atomic mass is 16.6. The van der Waals surface area contributed by atoms with Gasteiger partial charge in [0.05, 0.1) is 18.0 Å². The van der Waals surface area contributed by atoms with Crippen molar-refractivity contribution in [1.82, 2.24) is 0 Å². The van der Waals surface area contributed by atoms with Crippen molar-refractivity contribution in [3.63, 3.8) is 0 Å². The fourth-order valence-corrected chi connectivity index (χ4v) is 3.10. The Hall–Kier alpha value is -1.62. The van der Waals surface area contributed by atoms with E-state index in [0.717, 1.165) is 18.4 Å². The molecule has 1 aromatic carbocycles. The summed E-state index contributed by atoms with van der Waals surface area (Å²) in [6.45, 7) is 8.71. The molecule has 5 nitrogen and oxygen atoms in total. The van der Waals surface area contributed by atoms with Crippen molar-refractivity contribution in [2.45, 2.75) is 20.3 Å². The number of piperidine rings is 1. The molecule has 1 aromatic rings. The lowest BCUT2D eigenvalue weighted by Gasteiger charge is -2.31. The minimum Gasteiger partial charge on any atom is -0.488 e. The van der Waals surface area contributed by atoms with Crippen molar-refractivity contribution in [3.05, 3.63) is 34.4 Å². The van der Waals surface area contributed by atoms with Gasteiger partial charge in [0, 0.05) is 24.0 Å². The van der Waals surface area contributed by atoms with E-state index in [4.69, 9.17) is 4.74 Å². The Morgan fingerprint density at radius 3 is 2.40 bits per heavy atom. The summed E-state index contributed by atoms with van der Waals surface area (Å²) in [5.74, 6) is 2.27. The topological polar surface area (TPSA) is 56.8 Å². The van der Waals surface area contributed by atoms with E-state index in [1.54, 1.807) is 17.0 Å². The molecule has 1 N–H and O–H groups in total. The van der Waals surface area contributed by atoms with Crippen LogP contribution >= 0.6 is 0 Å². The van der Waals surface area contributed by atoms with Gasteiger partial charge in [-0.25, -0.2) is 0 Å². The third-order valence-electron chi connectivity index (χ3n) is 3.85. The lowest BCUT2D eigenvalue weighted by atomic mass is 9.92. The molecule has 20 heavy (non-hydrogen) atoms. The second kappa shape index (κ2) is 6.70. The predicted octanol–water partition coefficient (Wildman–Crippen LogP) is 1.53. The molecular formula is C15H23N2O3+. The number of non-ortho nitro benzene ring substituents is 1. The molecule has 0 unspecified atom stereocenters. The molecule has 0 radical (unpaired) electrons. The zero-order valence-corrected chi connectivity index (χ0v) is 12.2.